The zero-order valence-corrected chi connectivity index (χ0v) is 23.3. The van der Waals surface area contributed by atoms with E-state index >= 15 is 0 Å². The highest BCUT2D eigenvalue weighted by Gasteiger charge is 2.60. The molecule has 2 unspecified atom stereocenters. The van der Waals surface area contributed by atoms with Crippen molar-refractivity contribution in [2.75, 3.05) is 50.7 Å². The number of likely N-dealkylation sites (tertiary alicyclic amines) is 3. The quantitative estimate of drug-likeness (QED) is 0.438. The maximum atomic E-state index is 13.9. The summed E-state index contributed by atoms with van der Waals surface area (Å²) < 4.78 is 122. The van der Waals surface area contributed by atoms with E-state index in [9.17, 15) is 49.1 Å². The van der Waals surface area contributed by atoms with Crippen LogP contribution in [0.2, 0.25) is 0 Å². The number of amides is 1. The van der Waals surface area contributed by atoms with Crippen molar-refractivity contribution in [2.24, 2.45) is 5.41 Å². The van der Waals surface area contributed by atoms with Gasteiger partial charge in [-0.05, 0) is 61.4 Å². The Kier molecular flexibility index (Phi) is 8.44. The molecule has 4 saturated heterocycles. The second-order valence-electron chi connectivity index (χ2n) is 12.2. The van der Waals surface area contributed by atoms with Gasteiger partial charge < -0.3 is 19.6 Å². The zero-order chi connectivity index (χ0) is 32.2. The average Bonchev–Trinajstić information content (AvgIpc) is 3.60. The molecule has 0 radical (unpaired) electrons. The third kappa shape index (κ3) is 6.97. The number of alkyl halides is 9. The molecule has 0 aliphatic carbocycles. The van der Waals surface area contributed by atoms with Gasteiger partial charge in [0.1, 0.15) is 0 Å². The van der Waals surface area contributed by atoms with Crippen LogP contribution in [0.15, 0.2) is 18.2 Å². The van der Waals surface area contributed by atoms with Crippen molar-refractivity contribution in [2.45, 2.75) is 68.9 Å². The molecule has 4 aliphatic heterocycles. The number of fused-ring (bicyclic) bond motifs is 2. The van der Waals surface area contributed by atoms with Crippen molar-refractivity contribution < 1.29 is 58.9 Å². The van der Waals surface area contributed by atoms with Crippen LogP contribution < -0.4 is 4.90 Å². The van der Waals surface area contributed by atoms with Crippen LogP contribution in [0.4, 0.5) is 50.0 Å². The molecule has 1 N–H and O–H groups in total. The van der Waals surface area contributed by atoms with Crippen molar-refractivity contribution in [3.8, 4) is 0 Å². The zero-order valence-electron chi connectivity index (χ0n) is 23.3. The molecular formula is C27H31F9N4O4. The van der Waals surface area contributed by atoms with Gasteiger partial charge in [-0.15, -0.1) is 0 Å². The Labute approximate surface area is 246 Å². The van der Waals surface area contributed by atoms with Gasteiger partial charge in [-0.1, -0.05) is 0 Å². The van der Waals surface area contributed by atoms with E-state index in [2.05, 4.69) is 4.74 Å². The number of nitrogens with zero attached hydrogens (tertiary/aromatic N) is 4. The number of anilines is 1. The maximum absolute atomic E-state index is 13.9. The lowest BCUT2D eigenvalue weighted by molar-refractivity contribution is -0.308. The summed E-state index contributed by atoms with van der Waals surface area (Å²) in [6, 6.07) is 3.73. The number of aliphatic carboxylic acids is 1. The Morgan fingerprint density at radius 3 is 2.09 bits per heavy atom. The Morgan fingerprint density at radius 1 is 0.909 bits per heavy atom. The third-order valence-electron chi connectivity index (χ3n) is 9.15. The van der Waals surface area contributed by atoms with E-state index in [1.807, 2.05) is 14.7 Å². The first kappa shape index (κ1) is 32.4. The van der Waals surface area contributed by atoms with Crippen LogP contribution in [-0.2, 0) is 22.3 Å². The van der Waals surface area contributed by atoms with Gasteiger partial charge >= 0.3 is 30.6 Å². The number of ether oxygens (including phenoxy) is 1. The minimum absolute atomic E-state index is 0.0662. The van der Waals surface area contributed by atoms with Gasteiger partial charge in [-0.2, -0.15) is 39.5 Å². The van der Waals surface area contributed by atoms with Gasteiger partial charge in [-0.25, -0.2) is 4.79 Å². The summed E-state index contributed by atoms with van der Waals surface area (Å²) in [5, 5.41) is 9.11. The predicted molar refractivity (Wildman–Crippen MR) is 136 cm³/mol. The molecule has 4 fully saturated rings. The first-order chi connectivity index (χ1) is 20.3. The highest BCUT2D eigenvalue weighted by Crippen LogP contribution is 2.43. The molecule has 0 aromatic heterocycles. The molecule has 1 aromatic carbocycles. The number of carboxylic acid groups (broad SMARTS) is 1. The highest BCUT2D eigenvalue weighted by molar-refractivity contribution is 5.69. The SMILES string of the molecule is O=C(O)CN1CC2CC1CN2c1cc(CN2CCC3(CCN(C(=O)OC(C(F)(F)F)C(F)(F)F)CC3)C2)cc(C(F)(F)F)c1. The molecule has 246 valence electrons. The Bertz CT molecular complexity index is 1230. The molecule has 1 spiro atoms. The maximum Gasteiger partial charge on any atom is 0.434 e. The fraction of sp³-hybridized carbons (Fsp3) is 0.704. The first-order valence-corrected chi connectivity index (χ1v) is 14.1. The first-order valence-electron chi connectivity index (χ1n) is 14.1. The van der Waals surface area contributed by atoms with Crippen LogP contribution in [0.1, 0.15) is 36.8 Å². The number of rotatable bonds is 6. The third-order valence-corrected chi connectivity index (χ3v) is 9.15. The normalized spacial score (nSPS) is 24.6. The molecule has 2 atom stereocenters. The van der Waals surface area contributed by atoms with E-state index in [1.165, 1.54) is 0 Å². The lowest BCUT2D eigenvalue weighted by Crippen LogP contribution is -2.50. The molecule has 4 aliphatic rings. The summed E-state index contributed by atoms with van der Waals surface area (Å²) in [5.41, 5.74) is -0.347. The number of halogens is 9. The minimum atomic E-state index is -5.81. The van der Waals surface area contributed by atoms with Gasteiger partial charge in [0.25, 0.3) is 6.10 Å². The van der Waals surface area contributed by atoms with E-state index in [1.54, 1.807) is 6.07 Å². The van der Waals surface area contributed by atoms with Crippen LogP contribution in [0.25, 0.3) is 0 Å². The van der Waals surface area contributed by atoms with Crippen molar-refractivity contribution in [3.63, 3.8) is 0 Å². The van der Waals surface area contributed by atoms with E-state index in [0.29, 0.717) is 63.1 Å². The summed E-state index contributed by atoms with van der Waals surface area (Å²) in [4.78, 5) is 29.8. The Hall–Kier alpha value is -2.95. The fourth-order valence-corrected chi connectivity index (χ4v) is 7.01. The summed E-state index contributed by atoms with van der Waals surface area (Å²) in [5.74, 6) is -0.962. The number of hydrogen-bond donors (Lipinski definition) is 1. The lowest BCUT2D eigenvalue weighted by Gasteiger charge is -2.39. The smallest absolute Gasteiger partial charge is 0.434 e. The summed E-state index contributed by atoms with van der Waals surface area (Å²) >= 11 is 0. The number of carbonyl (C=O) groups excluding carboxylic acids is 1. The topological polar surface area (TPSA) is 76.6 Å². The Balaban J connectivity index is 1.21. The average molecular weight is 647 g/mol. The van der Waals surface area contributed by atoms with Crippen LogP contribution in [0, 0.1) is 5.41 Å². The standard InChI is InChI=1S/C27H31F9N4O4/c28-25(29,30)17-7-16(8-18(9-17)40-13-19-10-20(40)12-39(19)14-21(41)42)11-37-4-1-24(15-37)2-5-38(6-3-24)23(43)44-22(26(31,32)33)27(34,35)36/h7-9,19-20,22H,1-6,10-15H2,(H,41,42). The molecule has 8 nitrogen and oxygen atoms in total. The van der Waals surface area contributed by atoms with Gasteiger partial charge in [0.05, 0.1) is 12.1 Å². The van der Waals surface area contributed by atoms with Crippen molar-refractivity contribution in [3.05, 3.63) is 29.3 Å². The van der Waals surface area contributed by atoms with E-state index in [4.69, 9.17) is 5.11 Å². The minimum Gasteiger partial charge on any atom is -0.480 e. The molecule has 0 saturated carbocycles. The molecule has 1 aromatic rings. The van der Waals surface area contributed by atoms with Crippen LogP contribution in [0.5, 0.6) is 0 Å². The van der Waals surface area contributed by atoms with Gasteiger partial charge in [0, 0.05) is 57.0 Å². The van der Waals surface area contributed by atoms with E-state index < -0.39 is 47.7 Å². The molecule has 2 bridgehead atoms. The molecule has 17 heteroatoms. The number of piperazine rings is 1. The Morgan fingerprint density at radius 2 is 1.55 bits per heavy atom. The molecule has 1 amide bonds. The number of hydrogen-bond acceptors (Lipinski definition) is 6. The highest BCUT2D eigenvalue weighted by atomic mass is 19.4. The van der Waals surface area contributed by atoms with Crippen LogP contribution in [-0.4, -0.2) is 108 Å². The number of benzene rings is 1. The number of piperidine rings is 1. The largest absolute Gasteiger partial charge is 0.480 e. The van der Waals surface area contributed by atoms with Crippen molar-refractivity contribution in [1.29, 1.82) is 0 Å². The fourth-order valence-electron chi connectivity index (χ4n) is 7.01. The summed E-state index contributed by atoms with van der Waals surface area (Å²) in [6.07, 6.45) is -20.3. The molecular weight excluding hydrogens is 615 g/mol. The predicted octanol–water partition coefficient (Wildman–Crippen LogP) is 4.97. The monoisotopic (exact) mass is 646 g/mol. The van der Waals surface area contributed by atoms with E-state index in [-0.39, 0.29) is 38.3 Å². The van der Waals surface area contributed by atoms with E-state index in [0.717, 1.165) is 17.0 Å². The van der Waals surface area contributed by atoms with Crippen molar-refractivity contribution >= 4 is 17.7 Å². The van der Waals surface area contributed by atoms with Gasteiger partial charge in [-0.3, -0.25) is 14.6 Å². The molecule has 4 heterocycles. The van der Waals surface area contributed by atoms with Gasteiger partial charge in [0.15, 0.2) is 0 Å². The molecule has 44 heavy (non-hydrogen) atoms. The lowest BCUT2D eigenvalue weighted by atomic mass is 9.78. The second-order valence-corrected chi connectivity index (χ2v) is 12.2. The number of carboxylic acids is 1. The molecule has 5 rings (SSSR count). The summed E-state index contributed by atoms with van der Waals surface area (Å²) in [6.45, 7) is 1.65. The van der Waals surface area contributed by atoms with Crippen molar-refractivity contribution in [1.82, 2.24) is 14.7 Å². The summed E-state index contributed by atoms with van der Waals surface area (Å²) in [7, 11) is 0. The van der Waals surface area contributed by atoms with Crippen LogP contribution >= 0.6 is 0 Å². The number of carbonyl (C=O) groups is 2. The second kappa shape index (κ2) is 11.4. The van der Waals surface area contributed by atoms with Crippen LogP contribution in [0.3, 0.4) is 0 Å². The van der Waals surface area contributed by atoms with Gasteiger partial charge in [0.2, 0.25) is 0 Å².